The normalized spacial score (nSPS) is 17.0. The van der Waals surface area contributed by atoms with Crippen molar-refractivity contribution in [3.8, 4) is 11.4 Å². The average molecular weight is 386 g/mol. The molecule has 1 aliphatic rings. The summed E-state index contributed by atoms with van der Waals surface area (Å²) in [5.74, 6) is 0.139. The van der Waals surface area contributed by atoms with Gasteiger partial charge in [-0.1, -0.05) is 40.5 Å². The van der Waals surface area contributed by atoms with Crippen molar-refractivity contribution in [1.29, 1.82) is 0 Å². The van der Waals surface area contributed by atoms with Crippen LogP contribution in [0, 0.1) is 19.7 Å². The Morgan fingerprint density at radius 3 is 2.78 bits per heavy atom. The minimum absolute atomic E-state index is 0.111. The molecule has 1 atom stereocenters. The molecule has 0 bridgehead atoms. The van der Waals surface area contributed by atoms with Crippen LogP contribution in [0.1, 0.15) is 29.4 Å². The van der Waals surface area contributed by atoms with E-state index in [0.29, 0.717) is 23.9 Å². The maximum Gasteiger partial charge on any atom is 0.232 e. The monoisotopic (exact) mass is 385 g/mol. The number of aryl methyl sites for hydroxylation is 2. The van der Waals surface area contributed by atoms with Gasteiger partial charge in [0.25, 0.3) is 0 Å². The molecule has 1 amide bonds. The molecule has 7 heteroatoms. The number of rotatable bonds is 3. The quantitative estimate of drug-likeness (QED) is 0.657. The first-order chi connectivity index (χ1) is 12.9. The van der Waals surface area contributed by atoms with Crippen LogP contribution >= 0.6 is 11.6 Å². The second-order valence-corrected chi connectivity index (χ2v) is 7.18. The predicted octanol–water partition coefficient (Wildman–Crippen LogP) is 4.67. The van der Waals surface area contributed by atoms with Crippen LogP contribution < -0.4 is 4.90 Å². The van der Waals surface area contributed by atoms with E-state index in [1.54, 1.807) is 0 Å². The molecule has 0 spiro atoms. The summed E-state index contributed by atoms with van der Waals surface area (Å²) in [7, 11) is 0. The van der Waals surface area contributed by atoms with Crippen molar-refractivity contribution in [3.63, 3.8) is 0 Å². The summed E-state index contributed by atoms with van der Waals surface area (Å²) < 4.78 is 18.7. The Kier molecular flexibility index (Phi) is 4.44. The molecule has 3 aromatic rings. The Hall–Kier alpha value is -2.73. The van der Waals surface area contributed by atoms with Crippen LogP contribution in [-0.4, -0.2) is 22.6 Å². The Morgan fingerprint density at radius 1 is 1.22 bits per heavy atom. The lowest BCUT2D eigenvalue weighted by Gasteiger charge is -2.17. The van der Waals surface area contributed by atoms with Gasteiger partial charge in [0, 0.05) is 18.5 Å². The number of benzene rings is 2. The molecule has 138 valence electrons. The zero-order valence-electron chi connectivity index (χ0n) is 14.9. The minimum atomic E-state index is -0.443. The lowest BCUT2D eigenvalue weighted by atomic mass is 10.1. The van der Waals surface area contributed by atoms with Crippen LogP contribution in [0.3, 0.4) is 0 Å². The Balaban J connectivity index is 1.59. The second-order valence-electron chi connectivity index (χ2n) is 6.78. The molecule has 0 saturated carbocycles. The smallest absolute Gasteiger partial charge is 0.232 e. The molecule has 0 N–H and O–H groups in total. The van der Waals surface area contributed by atoms with E-state index < -0.39 is 5.82 Å². The summed E-state index contributed by atoms with van der Waals surface area (Å²) in [4.78, 5) is 18.5. The molecular formula is C20H17ClFN3O2. The van der Waals surface area contributed by atoms with Gasteiger partial charge in [0.05, 0.1) is 16.6 Å². The fourth-order valence-electron chi connectivity index (χ4n) is 3.38. The number of nitrogens with zero attached hydrogens (tertiary/aromatic N) is 3. The third-order valence-corrected chi connectivity index (χ3v) is 5.04. The number of aromatic nitrogens is 2. The lowest BCUT2D eigenvalue weighted by Crippen LogP contribution is -2.24. The fraction of sp³-hybridized carbons (Fsp3) is 0.250. The van der Waals surface area contributed by atoms with E-state index in [1.807, 2.05) is 26.0 Å². The molecule has 2 aromatic carbocycles. The SMILES string of the molecule is Cc1ccc(-c2noc(C3CC(=O)N(c4ccc(F)cc4Cl)C3)n2)c(C)c1. The number of halogens is 2. The van der Waals surface area contributed by atoms with E-state index in [-0.39, 0.29) is 23.3 Å². The van der Waals surface area contributed by atoms with Crippen LogP contribution in [0.5, 0.6) is 0 Å². The largest absolute Gasteiger partial charge is 0.339 e. The molecule has 0 radical (unpaired) electrons. The minimum Gasteiger partial charge on any atom is -0.339 e. The van der Waals surface area contributed by atoms with Crippen molar-refractivity contribution in [2.24, 2.45) is 0 Å². The maximum atomic E-state index is 13.3. The Labute approximate surface area is 160 Å². The lowest BCUT2D eigenvalue weighted by molar-refractivity contribution is -0.117. The average Bonchev–Trinajstić information content (AvgIpc) is 3.22. The summed E-state index contributed by atoms with van der Waals surface area (Å²) in [5.41, 5.74) is 3.61. The van der Waals surface area contributed by atoms with Gasteiger partial charge in [-0.3, -0.25) is 4.79 Å². The molecule has 1 saturated heterocycles. The van der Waals surface area contributed by atoms with Gasteiger partial charge in [-0.25, -0.2) is 4.39 Å². The first kappa shape index (κ1) is 17.7. The molecule has 4 rings (SSSR count). The van der Waals surface area contributed by atoms with Crippen LogP contribution in [0.15, 0.2) is 40.9 Å². The highest BCUT2D eigenvalue weighted by molar-refractivity contribution is 6.33. The maximum absolute atomic E-state index is 13.3. The number of hydrogen-bond donors (Lipinski definition) is 0. The van der Waals surface area contributed by atoms with E-state index in [1.165, 1.54) is 23.1 Å². The van der Waals surface area contributed by atoms with E-state index >= 15 is 0 Å². The van der Waals surface area contributed by atoms with Crippen molar-refractivity contribution in [2.45, 2.75) is 26.2 Å². The summed E-state index contributed by atoms with van der Waals surface area (Å²) in [5, 5.41) is 4.28. The van der Waals surface area contributed by atoms with Crippen LogP contribution in [0.4, 0.5) is 10.1 Å². The Morgan fingerprint density at radius 2 is 2.04 bits per heavy atom. The highest BCUT2D eigenvalue weighted by Crippen LogP contribution is 2.35. The molecule has 1 aromatic heterocycles. The number of carbonyl (C=O) groups excluding carboxylic acids is 1. The highest BCUT2D eigenvalue weighted by Gasteiger charge is 2.36. The number of anilines is 1. The van der Waals surface area contributed by atoms with E-state index in [0.717, 1.165) is 16.7 Å². The zero-order valence-corrected chi connectivity index (χ0v) is 15.6. The third kappa shape index (κ3) is 3.32. The van der Waals surface area contributed by atoms with Crippen molar-refractivity contribution in [1.82, 2.24) is 10.1 Å². The predicted molar refractivity (Wildman–Crippen MR) is 100 cm³/mol. The second kappa shape index (κ2) is 6.78. The van der Waals surface area contributed by atoms with E-state index in [2.05, 4.69) is 16.2 Å². The number of hydrogen-bond acceptors (Lipinski definition) is 4. The van der Waals surface area contributed by atoms with Crippen molar-refractivity contribution >= 4 is 23.2 Å². The summed E-state index contributed by atoms with van der Waals surface area (Å²) in [6, 6.07) is 10.0. The first-order valence-electron chi connectivity index (χ1n) is 8.59. The van der Waals surface area contributed by atoms with Crippen LogP contribution in [0.2, 0.25) is 5.02 Å². The summed E-state index contributed by atoms with van der Waals surface area (Å²) in [6.45, 7) is 4.38. The van der Waals surface area contributed by atoms with Gasteiger partial charge in [0.2, 0.25) is 17.6 Å². The van der Waals surface area contributed by atoms with Gasteiger partial charge < -0.3 is 9.42 Å². The molecular weight excluding hydrogens is 369 g/mol. The first-order valence-corrected chi connectivity index (χ1v) is 8.97. The van der Waals surface area contributed by atoms with Gasteiger partial charge in [-0.05, 0) is 37.6 Å². The molecule has 5 nitrogen and oxygen atoms in total. The van der Waals surface area contributed by atoms with Crippen molar-refractivity contribution in [3.05, 3.63) is 64.3 Å². The van der Waals surface area contributed by atoms with Gasteiger partial charge >= 0.3 is 0 Å². The summed E-state index contributed by atoms with van der Waals surface area (Å²) in [6.07, 6.45) is 0.238. The number of carbonyl (C=O) groups is 1. The van der Waals surface area contributed by atoms with Gasteiger partial charge in [0.1, 0.15) is 5.82 Å². The van der Waals surface area contributed by atoms with Crippen molar-refractivity contribution in [2.75, 3.05) is 11.4 Å². The van der Waals surface area contributed by atoms with Crippen LogP contribution in [-0.2, 0) is 4.79 Å². The van der Waals surface area contributed by atoms with Gasteiger partial charge in [-0.15, -0.1) is 0 Å². The van der Waals surface area contributed by atoms with Gasteiger partial charge in [0.15, 0.2) is 0 Å². The molecule has 2 heterocycles. The summed E-state index contributed by atoms with van der Waals surface area (Å²) >= 11 is 6.10. The zero-order chi connectivity index (χ0) is 19.1. The molecule has 1 unspecified atom stereocenters. The van der Waals surface area contributed by atoms with Crippen LogP contribution in [0.25, 0.3) is 11.4 Å². The topological polar surface area (TPSA) is 59.2 Å². The fourth-order valence-corrected chi connectivity index (χ4v) is 3.65. The molecule has 0 aliphatic carbocycles. The van der Waals surface area contributed by atoms with E-state index in [9.17, 15) is 9.18 Å². The third-order valence-electron chi connectivity index (χ3n) is 4.74. The van der Waals surface area contributed by atoms with Gasteiger partial charge in [-0.2, -0.15) is 4.98 Å². The number of amides is 1. The Bertz CT molecular complexity index is 1030. The standard InChI is InChI=1S/C20H17ClFN3O2/c1-11-3-5-15(12(2)7-11)19-23-20(27-24-19)13-8-18(26)25(10-13)17-6-4-14(22)9-16(17)21/h3-7,9,13H,8,10H2,1-2H3. The molecule has 1 fully saturated rings. The molecule has 27 heavy (non-hydrogen) atoms. The highest BCUT2D eigenvalue weighted by atomic mass is 35.5. The molecule has 1 aliphatic heterocycles. The van der Waals surface area contributed by atoms with E-state index in [4.69, 9.17) is 16.1 Å². The van der Waals surface area contributed by atoms with Crippen molar-refractivity contribution < 1.29 is 13.7 Å².